The van der Waals surface area contributed by atoms with E-state index in [1.54, 1.807) is 0 Å². The zero-order valence-electron chi connectivity index (χ0n) is 16.9. The highest BCUT2D eigenvalue weighted by Gasteiger charge is 2.50. The number of carbonyl (C=O) groups is 2. The lowest BCUT2D eigenvalue weighted by Crippen LogP contribution is -2.23. The fourth-order valence-electron chi connectivity index (χ4n) is 3.55. The highest BCUT2D eigenvalue weighted by Crippen LogP contribution is 2.42. The standard InChI is InChI=1S/C24H26O5/c1-3-21(25)17-5-9-19(10-6-17)23(15-28-23)13-27-14-24(16-29-24)20-11-7-18(8-12-20)22(26)4-2/h5-12H,3-4,13-16H2,1-2H3. The molecule has 2 aliphatic rings. The lowest BCUT2D eigenvalue weighted by Gasteiger charge is -2.17. The third-order valence-electron chi connectivity index (χ3n) is 5.76. The van der Waals surface area contributed by atoms with Crippen molar-refractivity contribution >= 4 is 11.6 Å². The third-order valence-corrected chi connectivity index (χ3v) is 5.76. The molecule has 0 N–H and O–H groups in total. The molecule has 0 aromatic heterocycles. The van der Waals surface area contributed by atoms with Crippen molar-refractivity contribution in [2.75, 3.05) is 26.4 Å². The van der Waals surface area contributed by atoms with Crippen molar-refractivity contribution in [3.8, 4) is 0 Å². The van der Waals surface area contributed by atoms with Gasteiger partial charge < -0.3 is 14.2 Å². The minimum Gasteiger partial charge on any atom is -0.375 e. The molecule has 0 saturated carbocycles. The summed E-state index contributed by atoms with van der Waals surface area (Å²) in [6.45, 7) is 5.81. The van der Waals surface area contributed by atoms with Crippen LogP contribution >= 0.6 is 0 Å². The molecule has 29 heavy (non-hydrogen) atoms. The lowest BCUT2D eigenvalue weighted by molar-refractivity contribution is 0.0403. The Bertz CT molecular complexity index is 814. The average molecular weight is 394 g/mol. The van der Waals surface area contributed by atoms with E-state index in [4.69, 9.17) is 14.2 Å². The Labute approximate surface area is 171 Å². The van der Waals surface area contributed by atoms with E-state index in [1.807, 2.05) is 62.4 Å². The topological polar surface area (TPSA) is 68.4 Å². The normalized spacial score (nSPS) is 24.9. The molecule has 2 aliphatic heterocycles. The second-order valence-electron chi connectivity index (χ2n) is 7.77. The van der Waals surface area contributed by atoms with Gasteiger partial charge in [0.25, 0.3) is 0 Å². The SMILES string of the molecule is CCC(=O)c1ccc(C2(COCC3(c4ccc(C(=O)CC)cc4)CO3)CO2)cc1. The lowest BCUT2D eigenvalue weighted by atomic mass is 9.97. The molecule has 2 heterocycles. The van der Waals surface area contributed by atoms with Crippen molar-refractivity contribution in [1.29, 1.82) is 0 Å². The molecule has 0 amide bonds. The maximum Gasteiger partial charge on any atom is 0.162 e. The Morgan fingerprint density at radius 1 is 0.759 bits per heavy atom. The van der Waals surface area contributed by atoms with Crippen molar-refractivity contribution < 1.29 is 23.8 Å². The van der Waals surface area contributed by atoms with Crippen LogP contribution in [0.2, 0.25) is 0 Å². The van der Waals surface area contributed by atoms with Crippen molar-refractivity contribution in [2.45, 2.75) is 37.9 Å². The highest BCUT2D eigenvalue weighted by atomic mass is 16.6. The van der Waals surface area contributed by atoms with Gasteiger partial charge in [-0.05, 0) is 11.1 Å². The smallest absolute Gasteiger partial charge is 0.162 e. The van der Waals surface area contributed by atoms with Gasteiger partial charge in [-0.2, -0.15) is 0 Å². The van der Waals surface area contributed by atoms with Crippen LogP contribution in [-0.2, 0) is 25.4 Å². The molecule has 2 atom stereocenters. The molecule has 2 fully saturated rings. The van der Waals surface area contributed by atoms with Gasteiger partial charge in [-0.3, -0.25) is 9.59 Å². The van der Waals surface area contributed by atoms with E-state index in [9.17, 15) is 9.59 Å². The van der Waals surface area contributed by atoms with Crippen LogP contribution < -0.4 is 0 Å². The summed E-state index contributed by atoms with van der Waals surface area (Å²) >= 11 is 0. The molecule has 5 nitrogen and oxygen atoms in total. The summed E-state index contributed by atoms with van der Waals surface area (Å²) in [6.07, 6.45) is 1.000. The number of Topliss-reactive ketones (excluding diaryl/α,β-unsaturated/α-hetero) is 2. The molecule has 4 rings (SSSR count). The largest absolute Gasteiger partial charge is 0.375 e. The highest BCUT2D eigenvalue weighted by molar-refractivity contribution is 5.96. The molecule has 2 aromatic rings. The summed E-state index contributed by atoms with van der Waals surface area (Å²) in [6, 6.07) is 15.2. The van der Waals surface area contributed by atoms with Gasteiger partial charge in [-0.15, -0.1) is 0 Å². The molecular formula is C24H26O5. The molecule has 2 aromatic carbocycles. The van der Waals surface area contributed by atoms with Crippen LogP contribution in [0.25, 0.3) is 0 Å². The summed E-state index contributed by atoms with van der Waals surface area (Å²) in [4.78, 5) is 23.6. The molecule has 5 heteroatoms. The van der Waals surface area contributed by atoms with Crippen LogP contribution in [0, 0.1) is 0 Å². The minimum atomic E-state index is -0.429. The van der Waals surface area contributed by atoms with E-state index in [1.165, 1.54) is 0 Å². The second-order valence-corrected chi connectivity index (χ2v) is 7.77. The molecular weight excluding hydrogens is 368 g/mol. The summed E-state index contributed by atoms with van der Waals surface area (Å²) in [5.74, 6) is 0.274. The first-order valence-electron chi connectivity index (χ1n) is 10.1. The fraction of sp³-hybridized carbons (Fsp3) is 0.417. The zero-order valence-corrected chi connectivity index (χ0v) is 16.9. The van der Waals surface area contributed by atoms with Crippen molar-refractivity contribution in [3.05, 3.63) is 70.8 Å². The van der Waals surface area contributed by atoms with Crippen molar-refractivity contribution in [1.82, 2.24) is 0 Å². The Kier molecular flexibility index (Phi) is 5.38. The quantitative estimate of drug-likeness (QED) is 0.449. The second kappa shape index (κ2) is 7.82. The maximum absolute atomic E-state index is 11.8. The molecule has 0 aliphatic carbocycles. The average Bonchev–Trinajstić information content (AvgIpc) is 3.70. The van der Waals surface area contributed by atoms with Gasteiger partial charge in [0.2, 0.25) is 0 Å². The first-order chi connectivity index (χ1) is 14.0. The molecule has 0 bridgehead atoms. The predicted molar refractivity (Wildman–Crippen MR) is 108 cm³/mol. The van der Waals surface area contributed by atoms with Crippen LogP contribution in [0.4, 0.5) is 0 Å². The van der Waals surface area contributed by atoms with Crippen molar-refractivity contribution in [2.24, 2.45) is 0 Å². The van der Waals surface area contributed by atoms with E-state index >= 15 is 0 Å². The summed E-state index contributed by atoms with van der Waals surface area (Å²) in [5, 5.41) is 0. The third kappa shape index (κ3) is 4.04. The summed E-state index contributed by atoms with van der Waals surface area (Å²) in [7, 11) is 0. The van der Waals surface area contributed by atoms with E-state index < -0.39 is 11.2 Å². The number of rotatable bonds is 10. The van der Waals surface area contributed by atoms with Gasteiger partial charge in [0.15, 0.2) is 11.6 Å². The maximum atomic E-state index is 11.8. The first-order valence-corrected chi connectivity index (χ1v) is 10.1. The minimum absolute atomic E-state index is 0.137. The Morgan fingerprint density at radius 3 is 1.38 bits per heavy atom. The zero-order chi connectivity index (χ0) is 20.5. The van der Waals surface area contributed by atoms with E-state index in [0.717, 1.165) is 22.3 Å². The van der Waals surface area contributed by atoms with Gasteiger partial charge in [-0.1, -0.05) is 62.4 Å². The number of hydrogen-bond acceptors (Lipinski definition) is 5. The molecule has 0 radical (unpaired) electrons. The van der Waals surface area contributed by atoms with Gasteiger partial charge in [0, 0.05) is 24.0 Å². The van der Waals surface area contributed by atoms with E-state index in [2.05, 4.69) is 0 Å². The number of benzene rings is 2. The van der Waals surface area contributed by atoms with Crippen molar-refractivity contribution in [3.63, 3.8) is 0 Å². The number of carbonyl (C=O) groups excluding carboxylic acids is 2. The Balaban J connectivity index is 1.36. The molecule has 0 spiro atoms. The van der Waals surface area contributed by atoms with Crippen LogP contribution in [0.1, 0.15) is 58.5 Å². The van der Waals surface area contributed by atoms with E-state index in [-0.39, 0.29) is 11.6 Å². The molecule has 2 unspecified atom stereocenters. The monoisotopic (exact) mass is 394 g/mol. The number of epoxide rings is 2. The Hall–Kier alpha value is -2.34. The predicted octanol–water partition coefficient (Wildman–Crippen LogP) is 4.04. The molecule has 152 valence electrons. The van der Waals surface area contributed by atoms with E-state index in [0.29, 0.717) is 39.3 Å². The van der Waals surface area contributed by atoms with Crippen LogP contribution in [0.15, 0.2) is 48.5 Å². The fourth-order valence-corrected chi connectivity index (χ4v) is 3.55. The van der Waals surface area contributed by atoms with Crippen LogP contribution in [0.3, 0.4) is 0 Å². The van der Waals surface area contributed by atoms with Gasteiger partial charge in [0.05, 0.1) is 26.4 Å². The van der Waals surface area contributed by atoms with Gasteiger partial charge in [-0.25, -0.2) is 0 Å². The van der Waals surface area contributed by atoms with Gasteiger partial charge >= 0.3 is 0 Å². The summed E-state index contributed by atoms with van der Waals surface area (Å²) in [5.41, 5.74) is 2.64. The van der Waals surface area contributed by atoms with Gasteiger partial charge in [0.1, 0.15) is 11.2 Å². The number of hydrogen-bond donors (Lipinski definition) is 0. The summed E-state index contributed by atoms with van der Waals surface area (Å²) < 4.78 is 17.4. The number of ether oxygens (including phenoxy) is 3. The molecule has 2 saturated heterocycles. The Morgan fingerprint density at radius 2 is 1.10 bits per heavy atom. The van der Waals surface area contributed by atoms with Crippen LogP contribution in [-0.4, -0.2) is 38.0 Å². The first kappa shape index (κ1) is 20.0. The number of ketones is 2. The van der Waals surface area contributed by atoms with Crippen LogP contribution in [0.5, 0.6) is 0 Å².